The summed E-state index contributed by atoms with van der Waals surface area (Å²) in [5, 5.41) is 8.73. The van der Waals surface area contributed by atoms with Crippen molar-refractivity contribution in [1.29, 1.82) is 0 Å². The van der Waals surface area contributed by atoms with Crippen LogP contribution in [0.15, 0.2) is 0 Å². The fourth-order valence-electron chi connectivity index (χ4n) is 0.810. The summed E-state index contributed by atoms with van der Waals surface area (Å²) in [5.41, 5.74) is 0. The number of Topliss-reactive ketones (excluding diaryl/α,β-unsaturated/α-hetero) is 1. The smallest absolute Gasteiger partial charge is 0.374 e. The van der Waals surface area contributed by atoms with Crippen LogP contribution in [0.5, 0.6) is 0 Å². The van der Waals surface area contributed by atoms with Gasteiger partial charge in [0.15, 0.2) is 0 Å². The van der Waals surface area contributed by atoms with E-state index in [0.717, 1.165) is 14.2 Å². The second-order valence-corrected chi connectivity index (χ2v) is 2.52. The molecule has 6 heteroatoms. The van der Waals surface area contributed by atoms with Crippen molar-refractivity contribution in [1.82, 2.24) is 0 Å². The van der Waals surface area contributed by atoms with Crippen molar-refractivity contribution in [3.63, 3.8) is 0 Å². The van der Waals surface area contributed by atoms with Gasteiger partial charge in [0.2, 0.25) is 5.78 Å². The van der Waals surface area contributed by atoms with E-state index >= 15 is 0 Å². The molecule has 0 fully saturated rings. The van der Waals surface area contributed by atoms with Gasteiger partial charge in [0, 0.05) is 6.42 Å². The maximum Gasteiger partial charge on any atom is 0.374 e. The fourth-order valence-corrected chi connectivity index (χ4v) is 0.810. The van der Waals surface area contributed by atoms with E-state index in [1.54, 1.807) is 0 Å². The van der Waals surface area contributed by atoms with Crippen LogP contribution in [0.25, 0.3) is 0 Å². The standard InChI is InChI=1S/C8H12O6/c1-13-7(11)5(4-9)3-6(10)8(12)14-2/h5,9H,3-4H2,1-2H3. The van der Waals surface area contributed by atoms with E-state index in [9.17, 15) is 14.4 Å². The first-order valence-electron chi connectivity index (χ1n) is 3.86. The SMILES string of the molecule is COC(=O)C(=O)CC(CO)C(=O)OC. The molecule has 0 aromatic heterocycles. The molecule has 0 spiro atoms. The number of hydrogen-bond donors (Lipinski definition) is 1. The summed E-state index contributed by atoms with van der Waals surface area (Å²) in [6, 6.07) is 0. The van der Waals surface area contributed by atoms with Crippen LogP contribution in [-0.4, -0.2) is 43.7 Å². The first-order chi connectivity index (χ1) is 6.56. The monoisotopic (exact) mass is 204 g/mol. The molecular formula is C8H12O6. The van der Waals surface area contributed by atoms with Crippen LogP contribution in [0.1, 0.15) is 6.42 Å². The van der Waals surface area contributed by atoms with Gasteiger partial charge in [0.05, 0.1) is 26.7 Å². The highest BCUT2D eigenvalue weighted by molar-refractivity contribution is 6.33. The van der Waals surface area contributed by atoms with Gasteiger partial charge in [-0.1, -0.05) is 0 Å². The molecule has 1 atom stereocenters. The summed E-state index contributed by atoms with van der Waals surface area (Å²) in [5.74, 6) is -3.64. The number of carbonyl (C=O) groups excluding carboxylic acids is 3. The summed E-state index contributed by atoms with van der Waals surface area (Å²) in [4.78, 5) is 32.5. The normalized spacial score (nSPS) is 11.6. The van der Waals surface area contributed by atoms with Crippen LogP contribution in [0.2, 0.25) is 0 Å². The number of hydrogen-bond acceptors (Lipinski definition) is 6. The van der Waals surface area contributed by atoms with Gasteiger partial charge in [-0.25, -0.2) is 4.79 Å². The van der Waals surface area contributed by atoms with Crippen LogP contribution in [0.3, 0.4) is 0 Å². The largest absolute Gasteiger partial charge is 0.469 e. The molecule has 0 aliphatic carbocycles. The highest BCUT2D eigenvalue weighted by atomic mass is 16.5. The summed E-state index contributed by atoms with van der Waals surface area (Å²) in [6.07, 6.45) is -0.407. The molecule has 0 bridgehead atoms. The minimum atomic E-state index is -1.03. The molecule has 0 saturated carbocycles. The Labute approximate surface area is 80.8 Å². The number of methoxy groups -OCH3 is 2. The van der Waals surface area contributed by atoms with Crippen molar-refractivity contribution in [2.24, 2.45) is 5.92 Å². The van der Waals surface area contributed by atoms with Gasteiger partial charge >= 0.3 is 11.9 Å². The van der Waals surface area contributed by atoms with Gasteiger partial charge in [-0.2, -0.15) is 0 Å². The molecule has 0 radical (unpaired) electrons. The van der Waals surface area contributed by atoms with Gasteiger partial charge in [0.25, 0.3) is 0 Å². The molecule has 0 heterocycles. The van der Waals surface area contributed by atoms with Gasteiger partial charge in [-0.3, -0.25) is 9.59 Å². The number of carbonyl (C=O) groups is 3. The molecular weight excluding hydrogens is 192 g/mol. The predicted octanol–water partition coefficient (Wildman–Crippen LogP) is -1.10. The minimum Gasteiger partial charge on any atom is -0.469 e. The lowest BCUT2D eigenvalue weighted by Crippen LogP contribution is -2.27. The summed E-state index contributed by atoms with van der Waals surface area (Å²) in [7, 11) is 2.19. The van der Waals surface area contributed by atoms with E-state index in [-0.39, 0.29) is 0 Å². The van der Waals surface area contributed by atoms with E-state index in [4.69, 9.17) is 5.11 Å². The molecule has 0 rings (SSSR count). The van der Waals surface area contributed by atoms with E-state index in [2.05, 4.69) is 9.47 Å². The summed E-state index contributed by atoms with van der Waals surface area (Å²) < 4.78 is 8.46. The van der Waals surface area contributed by atoms with Gasteiger partial charge in [0.1, 0.15) is 0 Å². The Bertz CT molecular complexity index is 234. The molecule has 1 unspecified atom stereocenters. The Balaban J connectivity index is 4.25. The lowest BCUT2D eigenvalue weighted by Gasteiger charge is -2.09. The van der Waals surface area contributed by atoms with Crippen molar-refractivity contribution >= 4 is 17.7 Å². The van der Waals surface area contributed by atoms with Gasteiger partial charge in [-0.05, 0) is 0 Å². The number of rotatable bonds is 5. The third-order valence-corrected chi connectivity index (χ3v) is 1.60. The average Bonchev–Trinajstić information content (AvgIpc) is 2.22. The molecule has 0 aliphatic rings. The quantitative estimate of drug-likeness (QED) is 0.451. The van der Waals surface area contributed by atoms with Gasteiger partial charge < -0.3 is 14.6 Å². The molecule has 1 N–H and O–H groups in total. The predicted molar refractivity (Wildman–Crippen MR) is 44.2 cm³/mol. The van der Waals surface area contributed by atoms with Crippen molar-refractivity contribution < 1.29 is 29.0 Å². The van der Waals surface area contributed by atoms with Crippen LogP contribution in [-0.2, 0) is 23.9 Å². The van der Waals surface area contributed by atoms with Crippen molar-refractivity contribution in [3.8, 4) is 0 Å². The Hall–Kier alpha value is -1.43. The van der Waals surface area contributed by atoms with Gasteiger partial charge in [-0.15, -0.1) is 0 Å². The Morgan fingerprint density at radius 2 is 1.79 bits per heavy atom. The number of esters is 2. The maximum absolute atomic E-state index is 11.0. The number of aliphatic hydroxyl groups is 1. The number of ether oxygens (including phenoxy) is 2. The summed E-state index contributed by atoms with van der Waals surface area (Å²) in [6.45, 7) is -0.546. The van der Waals surface area contributed by atoms with E-state index in [1.165, 1.54) is 0 Å². The molecule has 0 amide bonds. The first-order valence-corrected chi connectivity index (χ1v) is 3.86. The lowest BCUT2D eigenvalue weighted by atomic mass is 10.0. The molecule has 0 aliphatic heterocycles. The van der Waals surface area contributed by atoms with Crippen LogP contribution in [0, 0.1) is 5.92 Å². The fraction of sp³-hybridized carbons (Fsp3) is 0.625. The maximum atomic E-state index is 11.0. The van der Waals surface area contributed by atoms with Crippen LogP contribution in [0.4, 0.5) is 0 Å². The average molecular weight is 204 g/mol. The van der Waals surface area contributed by atoms with Crippen molar-refractivity contribution in [3.05, 3.63) is 0 Å². The summed E-state index contributed by atoms with van der Waals surface area (Å²) >= 11 is 0. The van der Waals surface area contributed by atoms with Crippen LogP contribution >= 0.6 is 0 Å². The molecule has 0 aromatic rings. The zero-order valence-electron chi connectivity index (χ0n) is 7.98. The van der Waals surface area contributed by atoms with E-state index in [0.29, 0.717) is 0 Å². The van der Waals surface area contributed by atoms with Crippen molar-refractivity contribution in [2.45, 2.75) is 6.42 Å². The van der Waals surface area contributed by atoms with E-state index < -0.39 is 36.7 Å². The Morgan fingerprint density at radius 1 is 1.21 bits per heavy atom. The molecule has 14 heavy (non-hydrogen) atoms. The molecule has 80 valence electrons. The van der Waals surface area contributed by atoms with Crippen molar-refractivity contribution in [2.75, 3.05) is 20.8 Å². The zero-order valence-corrected chi connectivity index (χ0v) is 7.98. The third kappa shape index (κ3) is 3.53. The Morgan fingerprint density at radius 3 is 2.14 bits per heavy atom. The van der Waals surface area contributed by atoms with E-state index in [1.807, 2.05) is 0 Å². The molecule has 0 saturated heterocycles. The lowest BCUT2D eigenvalue weighted by molar-refractivity contribution is -0.155. The second kappa shape index (κ2) is 6.09. The number of aliphatic hydroxyl groups excluding tert-OH is 1. The minimum absolute atomic E-state index is 0.407. The second-order valence-electron chi connectivity index (χ2n) is 2.52. The zero-order chi connectivity index (χ0) is 11.1. The third-order valence-electron chi connectivity index (χ3n) is 1.60. The molecule has 0 aromatic carbocycles. The number of ketones is 1. The molecule has 6 nitrogen and oxygen atoms in total. The highest BCUT2D eigenvalue weighted by Crippen LogP contribution is 2.05. The topological polar surface area (TPSA) is 89.9 Å². The first kappa shape index (κ1) is 12.6. The van der Waals surface area contributed by atoms with Crippen LogP contribution < -0.4 is 0 Å². The Kier molecular flexibility index (Phi) is 5.47. The highest BCUT2D eigenvalue weighted by Gasteiger charge is 2.25.